The summed E-state index contributed by atoms with van der Waals surface area (Å²) < 4.78 is 5.95. The van der Waals surface area contributed by atoms with Crippen LogP contribution in [0.5, 0.6) is 0 Å². The molecule has 0 unspecified atom stereocenters. The van der Waals surface area contributed by atoms with E-state index in [0.29, 0.717) is 36.9 Å². The van der Waals surface area contributed by atoms with E-state index in [1.165, 1.54) is 24.1 Å². The SMILES string of the molecule is O=C(c1cc2ccccc2[nH]1)N1CCc2nc(NC[C@H]3C[C@@H]4CC[C@H]3O4)sc2C1. The Hall–Kier alpha value is -2.38. The maximum Gasteiger partial charge on any atom is 0.270 e. The van der Waals surface area contributed by atoms with Crippen LogP contribution in [0.1, 0.15) is 40.3 Å². The van der Waals surface area contributed by atoms with Crippen LogP contribution in [0, 0.1) is 5.92 Å². The molecule has 5 heterocycles. The number of hydrogen-bond donors (Lipinski definition) is 2. The molecule has 3 aliphatic rings. The second-order valence-corrected chi connectivity index (χ2v) is 9.47. The van der Waals surface area contributed by atoms with Gasteiger partial charge in [0, 0.05) is 41.2 Å². The van der Waals surface area contributed by atoms with Gasteiger partial charge in [0.1, 0.15) is 5.69 Å². The van der Waals surface area contributed by atoms with Gasteiger partial charge < -0.3 is 19.9 Å². The molecule has 2 N–H and O–H groups in total. The van der Waals surface area contributed by atoms with E-state index in [-0.39, 0.29) is 5.91 Å². The number of para-hydroxylation sites is 1. The summed E-state index contributed by atoms with van der Waals surface area (Å²) >= 11 is 1.69. The van der Waals surface area contributed by atoms with Crippen molar-refractivity contribution < 1.29 is 9.53 Å². The van der Waals surface area contributed by atoms with Crippen molar-refractivity contribution >= 4 is 33.3 Å². The zero-order valence-electron chi connectivity index (χ0n) is 16.2. The van der Waals surface area contributed by atoms with Crippen LogP contribution in [-0.2, 0) is 17.7 Å². The van der Waals surface area contributed by atoms with E-state index >= 15 is 0 Å². The number of hydrogen-bond acceptors (Lipinski definition) is 5. The predicted octanol–water partition coefficient (Wildman–Crippen LogP) is 3.80. The third-order valence-electron chi connectivity index (χ3n) is 6.53. The summed E-state index contributed by atoms with van der Waals surface area (Å²) in [5.74, 6) is 0.670. The normalized spacial score (nSPS) is 25.5. The van der Waals surface area contributed by atoms with E-state index in [1.54, 1.807) is 11.3 Å². The zero-order valence-corrected chi connectivity index (χ0v) is 17.0. The van der Waals surface area contributed by atoms with Crippen LogP contribution in [0.3, 0.4) is 0 Å². The molecule has 3 atom stereocenters. The lowest BCUT2D eigenvalue weighted by molar-refractivity contribution is 0.0731. The fourth-order valence-corrected chi connectivity index (χ4v) is 6.01. The number of carbonyl (C=O) groups excluding carboxylic acids is 1. The molecule has 1 amide bonds. The van der Waals surface area contributed by atoms with E-state index in [0.717, 1.165) is 34.7 Å². The molecule has 29 heavy (non-hydrogen) atoms. The highest BCUT2D eigenvalue weighted by Gasteiger charge is 2.40. The number of aromatic nitrogens is 2. The lowest BCUT2D eigenvalue weighted by Crippen LogP contribution is -2.35. The van der Waals surface area contributed by atoms with E-state index in [9.17, 15) is 4.79 Å². The number of fused-ring (bicyclic) bond motifs is 4. The third kappa shape index (κ3) is 3.13. The summed E-state index contributed by atoms with van der Waals surface area (Å²) in [6.07, 6.45) is 5.35. The van der Waals surface area contributed by atoms with Crippen molar-refractivity contribution in [3.05, 3.63) is 46.6 Å². The highest BCUT2D eigenvalue weighted by Crippen LogP contribution is 2.39. The fraction of sp³-hybridized carbons (Fsp3) is 0.455. The van der Waals surface area contributed by atoms with Gasteiger partial charge in [-0.2, -0.15) is 0 Å². The van der Waals surface area contributed by atoms with Crippen LogP contribution in [0.15, 0.2) is 30.3 Å². The van der Waals surface area contributed by atoms with Crippen molar-refractivity contribution in [3.8, 4) is 0 Å². The largest absolute Gasteiger partial charge is 0.375 e. The molecule has 0 aliphatic carbocycles. The standard InChI is InChI=1S/C22H24N4O2S/c27-21(18-10-13-3-1-2-4-16(13)24-18)26-8-7-17-20(12-26)29-22(25-17)23-11-14-9-15-5-6-19(14)28-15/h1-4,10,14-15,19,24H,5-9,11-12H2,(H,23,25)/t14-,15+,19-/m1/s1. The Kier molecular flexibility index (Phi) is 4.13. The molecule has 2 fully saturated rings. The topological polar surface area (TPSA) is 70.2 Å². The monoisotopic (exact) mass is 408 g/mol. The maximum absolute atomic E-state index is 13.0. The number of nitrogens with one attached hydrogen (secondary N) is 2. The van der Waals surface area contributed by atoms with Gasteiger partial charge in [0.05, 0.1) is 24.4 Å². The van der Waals surface area contributed by atoms with Crippen molar-refractivity contribution in [3.63, 3.8) is 0 Å². The van der Waals surface area contributed by atoms with Crippen molar-refractivity contribution in [1.82, 2.24) is 14.9 Å². The molecular formula is C22H24N4O2S. The molecule has 6 nitrogen and oxygen atoms in total. The Morgan fingerprint density at radius 3 is 3.10 bits per heavy atom. The number of carbonyl (C=O) groups is 1. The second kappa shape index (κ2) is 6.85. The van der Waals surface area contributed by atoms with Gasteiger partial charge in [-0.25, -0.2) is 4.98 Å². The van der Waals surface area contributed by atoms with Crippen molar-refractivity contribution in [2.75, 3.05) is 18.4 Å². The minimum Gasteiger partial charge on any atom is -0.375 e. The average Bonchev–Trinajstić information content (AvgIpc) is 3.53. The highest BCUT2D eigenvalue weighted by molar-refractivity contribution is 7.15. The number of amides is 1. The van der Waals surface area contributed by atoms with Crippen molar-refractivity contribution in [2.45, 2.75) is 44.4 Å². The van der Waals surface area contributed by atoms with Gasteiger partial charge in [-0.05, 0) is 31.4 Å². The Morgan fingerprint density at radius 1 is 1.34 bits per heavy atom. The number of ether oxygens (including phenoxy) is 1. The number of aromatic amines is 1. The van der Waals surface area contributed by atoms with Gasteiger partial charge >= 0.3 is 0 Å². The molecule has 0 radical (unpaired) electrons. The summed E-state index contributed by atoms with van der Waals surface area (Å²) in [6, 6.07) is 9.95. The summed E-state index contributed by atoms with van der Waals surface area (Å²) in [7, 11) is 0. The van der Waals surface area contributed by atoms with Crippen LogP contribution in [-0.4, -0.2) is 46.1 Å². The van der Waals surface area contributed by atoms with Gasteiger partial charge in [-0.1, -0.05) is 29.5 Å². The van der Waals surface area contributed by atoms with E-state index in [1.807, 2.05) is 35.2 Å². The number of anilines is 1. The fourth-order valence-electron chi connectivity index (χ4n) is 4.98. The van der Waals surface area contributed by atoms with Crippen molar-refractivity contribution in [1.29, 1.82) is 0 Å². The summed E-state index contributed by atoms with van der Waals surface area (Å²) in [5, 5.41) is 5.60. The molecule has 3 aromatic rings. The molecule has 0 saturated carbocycles. The van der Waals surface area contributed by atoms with Crippen molar-refractivity contribution in [2.24, 2.45) is 5.92 Å². The van der Waals surface area contributed by atoms with Crippen LogP contribution in [0.2, 0.25) is 0 Å². The Bertz CT molecular complexity index is 1040. The number of rotatable bonds is 4. The number of benzene rings is 1. The summed E-state index contributed by atoms with van der Waals surface area (Å²) in [6.45, 7) is 2.29. The van der Waals surface area contributed by atoms with Gasteiger partial charge in [0.2, 0.25) is 0 Å². The van der Waals surface area contributed by atoms with Gasteiger partial charge in [0.25, 0.3) is 5.91 Å². The van der Waals surface area contributed by atoms with Crippen LogP contribution in [0.25, 0.3) is 10.9 Å². The molecular weight excluding hydrogens is 384 g/mol. The zero-order chi connectivity index (χ0) is 19.4. The molecule has 1 aromatic carbocycles. The first-order chi connectivity index (χ1) is 14.2. The molecule has 0 spiro atoms. The maximum atomic E-state index is 13.0. The second-order valence-electron chi connectivity index (χ2n) is 8.39. The third-order valence-corrected chi connectivity index (χ3v) is 7.57. The number of H-pyrrole nitrogens is 1. The van der Waals surface area contributed by atoms with Gasteiger partial charge in [-0.3, -0.25) is 4.79 Å². The van der Waals surface area contributed by atoms with E-state index in [2.05, 4.69) is 10.3 Å². The molecule has 150 valence electrons. The van der Waals surface area contributed by atoms with Gasteiger partial charge in [0.15, 0.2) is 5.13 Å². The molecule has 3 aliphatic heterocycles. The molecule has 2 saturated heterocycles. The lowest BCUT2D eigenvalue weighted by atomic mass is 9.89. The lowest BCUT2D eigenvalue weighted by Gasteiger charge is -2.25. The first-order valence-corrected chi connectivity index (χ1v) is 11.3. The Balaban J connectivity index is 1.13. The van der Waals surface area contributed by atoms with Crippen LogP contribution >= 0.6 is 11.3 Å². The minimum atomic E-state index is 0.0638. The molecule has 2 aromatic heterocycles. The Morgan fingerprint density at radius 2 is 2.28 bits per heavy atom. The first kappa shape index (κ1) is 17.5. The van der Waals surface area contributed by atoms with Gasteiger partial charge in [-0.15, -0.1) is 0 Å². The summed E-state index contributed by atoms with van der Waals surface area (Å²) in [5.41, 5.74) is 2.80. The average molecular weight is 409 g/mol. The minimum absolute atomic E-state index is 0.0638. The Labute approximate surface area is 173 Å². The molecule has 6 rings (SSSR count). The van der Waals surface area contributed by atoms with Crippen LogP contribution in [0.4, 0.5) is 5.13 Å². The molecule has 7 heteroatoms. The van der Waals surface area contributed by atoms with E-state index < -0.39 is 0 Å². The van der Waals surface area contributed by atoms with E-state index in [4.69, 9.17) is 9.72 Å². The number of thiazole rings is 1. The first-order valence-electron chi connectivity index (χ1n) is 10.5. The number of nitrogens with zero attached hydrogens (tertiary/aromatic N) is 2. The predicted molar refractivity (Wildman–Crippen MR) is 113 cm³/mol. The summed E-state index contributed by atoms with van der Waals surface area (Å²) in [4.78, 5) is 24.2. The smallest absolute Gasteiger partial charge is 0.270 e. The highest BCUT2D eigenvalue weighted by atomic mass is 32.1. The van der Waals surface area contributed by atoms with Crippen LogP contribution < -0.4 is 5.32 Å². The quantitative estimate of drug-likeness (QED) is 0.689. The molecule has 2 bridgehead atoms.